The molecule has 0 radical (unpaired) electrons. The highest BCUT2D eigenvalue weighted by molar-refractivity contribution is 6.24. The Morgan fingerprint density at radius 1 is 0.449 bits per heavy atom. The molecule has 0 fully saturated rings. The number of nitrogens with zero attached hydrogens (tertiary/aromatic N) is 1. The average Bonchev–Trinajstić information content (AvgIpc) is 3.64. The van der Waals surface area contributed by atoms with Gasteiger partial charge in [-0.15, -0.1) is 0 Å². The summed E-state index contributed by atoms with van der Waals surface area (Å²) >= 11 is 0. The molecule has 1 aromatic heterocycles. The highest BCUT2D eigenvalue weighted by Crippen LogP contribution is 2.52. The molecule has 49 heavy (non-hydrogen) atoms. The number of benzene rings is 8. The van der Waals surface area contributed by atoms with Gasteiger partial charge in [-0.05, 0) is 97.4 Å². The Bertz CT molecular complexity index is 2750. The molecule has 0 spiro atoms. The van der Waals surface area contributed by atoms with Crippen LogP contribution in [0.5, 0.6) is 0 Å². The minimum Gasteiger partial charge on any atom is -0.456 e. The van der Waals surface area contributed by atoms with Crippen molar-refractivity contribution in [3.05, 3.63) is 175 Å². The third kappa shape index (κ3) is 4.20. The monoisotopic (exact) mass is 627 g/mol. The number of anilines is 3. The van der Waals surface area contributed by atoms with E-state index in [2.05, 4.69) is 183 Å². The topological polar surface area (TPSA) is 16.4 Å². The largest absolute Gasteiger partial charge is 0.456 e. The van der Waals surface area contributed by atoms with Crippen LogP contribution in [0.1, 0.15) is 25.0 Å². The lowest BCUT2D eigenvalue weighted by Gasteiger charge is -2.29. The van der Waals surface area contributed by atoms with Crippen molar-refractivity contribution in [2.45, 2.75) is 19.3 Å². The Labute approximate surface area is 285 Å². The number of rotatable bonds is 4. The van der Waals surface area contributed by atoms with Gasteiger partial charge in [0.2, 0.25) is 0 Å². The number of hydrogen-bond acceptors (Lipinski definition) is 2. The van der Waals surface area contributed by atoms with Crippen LogP contribution in [0.2, 0.25) is 0 Å². The molecule has 232 valence electrons. The summed E-state index contributed by atoms with van der Waals surface area (Å²) in [7, 11) is 0. The highest BCUT2D eigenvalue weighted by Gasteiger charge is 2.36. The summed E-state index contributed by atoms with van der Waals surface area (Å²) in [6, 6.07) is 59.5. The quantitative estimate of drug-likeness (QED) is 0.193. The Kier molecular flexibility index (Phi) is 5.95. The van der Waals surface area contributed by atoms with Crippen LogP contribution in [0.25, 0.3) is 65.7 Å². The standard InChI is InChI=1S/C47H33NO/c1-47(2)40-19-11-10-18-38(40)39-24-23-36(29-41(39)47)48(35-22-20-31-14-6-7-16-33(31)26-35)42-27-34(30-12-4-3-5-13-30)28-44-46(42)45-37-17-9-8-15-32(37)21-25-43(45)49-44/h3-29H,1-2H3. The van der Waals surface area contributed by atoms with Gasteiger partial charge in [0.15, 0.2) is 0 Å². The Morgan fingerprint density at radius 2 is 1.12 bits per heavy atom. The Hall–Kier alpha value is -6.12. The van der Waals surface area contributed by atoms with Gasteiger partial charge in [0.1, 0.15) is 11.2 Å². The van der Waals surface area contributed by atoms with Crippen molar-refractivity contribution in [1.82, 2.24) is 0 Å². The number of fused-ring (bicyclic) bond motifs is 9. The van der Waals surface area contributed by atoms with E-state index in [1.54, 1.807) is 0 Å². The molecular formula is C47H33NO. The fourth-order valence-corrected chi connectivity index (χ4v) is 8.19. The fourth-order valence-electron chi connectivity index (χ4n) is 8.19. The van der Waals surface area contributed by atoms with Gasteiger partial charge < -0.3 is 9.32 Å². The zero-order valence-corrected chi connectivity index (χ0v) is 27.4. The predicted molar refractivity (Wildman–Crippen MR) is 206 cm³/mol. The first-order valence-corrected chi connectivity index (χ1v) is 17.0. The molecule has 0 aliphatic heterocycles. The maximum atomic E-state index is 6.78. The maximum absolute atomic E-state index is 6.78. The van der Waals surface area contributed by atoms with Gasteiger partial charge >= 0.3 is 0 Å². The zero-order valence-electron chi connectivity index (χ0n) is 27.4. The molecule has 0 N–H and O–H groups in total. The Balaban J connectivity index is 1.33. The van der Waals surface area contributed by atoms with E-state index < -0.39 is 0 Å². The van der Waals surface area contributed by atoms with Crippen molar-refractivity contribution >= 4 is 60.5 Å². The lowest BCUT2D eigenvalue weighted by atomic mass is 9.82. The molecule has 0 amide bonds. The fraction of sp³-hybridized carbons (Fsp3) is 0.0638. The highest BCUT2D eigenvalue weighted by atomic mass is 16.3. The van der Waals surface area contributed by atoms with Crippen molar-refractivity contribution in [3.63, 3.8) is 0 Å². The molecule has 0 saturated carbocycles. The van der Waals surface area contributed by atoms with E-state index in [0.29, 0.717) is 0 Å². The molecule has 0 bridgehead atoms. The lowest BCUT2D eigenvalue weighted by Crippen LogP contribution is -2.16. The van der Waals surface area contributed by atoms with Crippen molar-refractivity contribution in [2.75, 3.05) is 4.90 Å². The van der Waals surface area contributed by atoms with Gasteiger partial charge in [0.25, 0.3) is 0 Å². The third-order valence-electron chi connectivity index (χ3n) is 10.6. The van der Waals surface area contributed by atoms with Crippen LogP contribution < -0.4 is 4.90 Å². The SMILES string of the molecule is CC1(C)c2ccccc2-c2ccc(N(c3ccc4ccccc4c3)c3cc(-c4ccccc4)cc4oc5ccc6ccccc6c5c34)cc21. The summed E-state index contributed by atoms with van der Waals surface area (Å²) in [4.78, 5) is 2.46. The van der Waals surface area contributed by atoms with Gasteiger partial charge in [-0.2, -0.15) is 0 Å². The van der Waals surface area contributed by atoms with E-state index in [0.717, 1.165) is 50.1 Å². The molecule has 9 aromatic rings. The summed E-state index contributed by atoms with van der Waals surface area (Å²) in [5.41, 5.74) is 12.6. The molecule has 0 atom stereocenters. The normalized spacial score (nSPS) is 13.3. The van der Waals surface area contributed by atoms with Crippen molar-refractivity contribution in [2.24, 2.45) is 0 Å². The summed E-state index contributed by atoms with van der Waals surface area (Å²) in [5.74, 6) is 0. The van der Waals surface area contributed by atoms with E-state index in [9.17, 15) is 0 Å². The first-order chi connectivity index (χ1) is 24.0. The maximum Gasteiger partial charge on any atom is 0.138 e. The van der Waals surface area contributed by atoms with Crippen LogP contribution in [-0.2, 0) is 5.41 Å². The summed E-state index contributed by atoms with van der Waals surface area (Å²) in [6.07, 6.45) is 0. The minimum atomic E-state index is -0.128. The molecule has 1 aliphatic rings. The van der Waals surface area contributed by atoms with Crippen LogP contribution >= 0.6 is 0 Å². The molecule has 10 rings (SSSR count). The lowest BCUT2D eigenvalue weighted by molar-refractivity contribution is 0.660. The van der Waals surface area contributed by atoms with Crippen LogP contribution in [0.3, 0.4) is 0 Å². The molecule has 1 heterocycles. The van der Waals surface area contributed by atoms with E-state index in [4.69, 9.17) is 4.42 Å². The van der Waals surface area contributed by atoms with E-state index >= 15 is 0 Å². The molecule has 8 aromatic carbocycles. The zero-order chi connectivity index (χ0) is 32.7. The molecule has 0 saturated heterocycles. The minimum absolute atomic E-state index is 0.128. The van der Waals surface area contributed by atoms with E-state index in [1.807, 2.05) is 0 Å². The first-order valence-electron chi connectivity index (χ1n) is 17.0. The molecular weight excluding hydrogens is 595 g/mol. The van der Waals surface area contributed by atoms with Gasteiger partial charge in [-0.1, -0.05) is 135 Å². The molecule has 1 aliphatic carbocycles. The van der Waals surface area contributed by atoms with Gasteiger partial charge in [-0.25, -0.2) is 0 Å². The number of furan rings is 1. The summed E-state index contributed by atoms with van der Waals surface area (Å²) < 4.78 is 6.78. The van der Waals surface area contributed by atoms with Crippen LogP contribution in [-0.4, -0.2) is 0 Å². The van der Waals surface area contributed by atoms with Crippen LogP contribution in [0.15, 0.2) is 168 Å². The predicted octanol–water partition coefficient (Wildman–Crippen LogP) is 13.3. The summed E-state index contributed by atoms with van der Waals surface area (Å²) in [6.45, 7) is 4.71. The van der Waals surface area contributed by atoms with Crippen LogP contribution in [0, 0.1) is 0 Å². The second kappa shape index (κ2) is 10.4. The third-order valence-corrected chi connectivity index (χ3v) is 10.6. The van der Waals surface area contributed by atoms with Gasteiger partial charge in [-0.3, -0.25) is 0 Å². The van der Waals surface area contributed by atoms with Gasteiger partial charge in [0, 0.05) is 22.2 Å². The Morgan fingerprint density at radius 3 is 2.00 bits per heavy atom. The van der Waals surface area contributed by atoms with Crippen molar-refractivity contribution in [3.8, 4) is 22.3 Å². The average molecular weight is 628 g/mol. The second-order valence-electron chi connectivity index (χ2n) is 13.8. The summed E-state index contributed by atoms with van der Waals surface area (Å²) in [5, 5.41) is 7.07. The smallest absolute Gasteiger partial charge is 0.138 e. The van der Waals surface area contributed by atoms with E-state index in [-0.39, 0.29) is 5.41 Å². The van der Waals surface area contributed by atoms with Gasteiger partial charge in [0.05, 0.1) is 11.1 Å². The molecule has 2 heteroatoms. The second-order valence-corrected chi connectivity index (χ2v) is 13.8. The van der Waals surface area contributed by atoms with Crippen LogP contribution in [0.4, 0.5) is 17.1 Å². The molecule has 2 nitrogen and oxygen atoms in total. The first kappa shape index (κ1) is 27.9. The van der Waals surface area contributed by atoms with Crippen molar-refractivity contribution < 1.29 is 4.42 Å². The van der Waals surface area contributed by atoms with Crippen molar-refractivity contribution in [1.29, 1.82) is 0 Å². The molecule has 0 unspecified atom stereocenters. The number of hydrogen-bond donors (Lipinski definition) is 0. The van der Waals surface area contributed by atoms with E-state index in [1.165, 1.54) is 43.8 Å².